The number of carboxylic acids is 1. The van der Waals surface area contributed by atoms with Crippen LogP contribution in [-0.2, 0) is 9.53 Å². The van der Waals surface area contributed by atoms with Crippen molar-refractivity contribution >= 4 is 12.1 Å². The molecule has 1 atom stereocenters. The van der Waals surface area contributed by atoms with Crippen molar-refractivity contribution in [3.63, 3.8) is 0 Å². The Kier molecular flexibility index (Phi) is 4.86. The first-order valence-electron chi connectivity index (χ1n) is 5.89. The van der Waals surface area contributed by atoms with Crippen LogP contribution < -0.4 is 5.32 Å². The van der Waals surface area contributed by atoms with Crippen LogP contribution in [0.4, 0.5) is 4.79 Å². The van der Waals surface area contributed by atoms with Crippen molar-refractivity contribution < 1.29 is 19.4 Å². The number of carbonyl (C=O) groups is 2. The first-order chi connectivity index (χ1) is 8.79. The molecule has 1 aromatic heterocycles. The van der Waals surface area contributed by atoms with Crippen molar-refractivity contribution in [1.82, 2.24) is 10.3 Å². The van der Waals surface area contributed by atoms with E-state index in [0.29, 0.717) is 5.56 Å². The van der Waals surface area contributed by atoms with E-state index in [9.17, 15) is 9.59 Å². The molecule has 1 amide bonds. The SMILES string of the molecule is CC(C)(C)OC(=O)NC[C@@H](C(=O)O)c1cccnc1. The monoisotopic (exact) mass is 266 g/mol. The number of alkyl carbamates (subject to hydrolysis) is 1. The van der Waals surface area contributed by atoms with Crippen molar-refractivity contribution in [2.75, 3.05) is 6.54 Å². The number of hydrogen-bond donors (Lipinski definition) is 2. The van der Waals surface area contributed by atoms with Crippen LogP contribution in [0.5, 0.6) is 0 Å². The largest absolute Gasteiger partial charge is 0.481 e. The van der Waals surface area contributed by atoms with Gasteiger partial charge in [0.15, 0.2) is 0 Å². The summed E-state index contributed by atoms with van der Waals surface area (Å²) in [6.07, 6.45) is 2.39. The molecule has 2 N–H and O–H groups in total. The second kappa shape index (κ2) is 6.17. The van der Waals surface area contributed by atoms with E-state index in [1.54, 1.807) is 39.1 Å². The summed E-state index contributed by atoms with van der Waals surface area (Å²) in [6.45, 7) is 5.17. The van der Waals surface area contributed by atoms with E-state index >= 15 is 0 Å². The van der Waals surface area contributed by atoms with E-state index in [-0.39, 0.29) is 6.54 Å². The zero-order chi connectivity index (χ0) is 14.5. The molecule has 0 saturated heterocycles. The molecule has 0 saturated carbocycles. The van der Waals surface area contributed by atoms with Gasteiger partial charge in [-0.3, -0.25) is 9.78 Å². The molecule has 104 valence electrons. The Morgan fingerprint density at radius 1 is 1.47 bits per heavy atom. The van der Waals surface area contributed by atoms with Crippen molar-refractivity contribution in [3.05, 3.63) is 30.1 Å². The molecular weight excluding hydrogens is 248 g/mol. The number of aromatic nitrogens is 1. The first kappa shape index (κ1) is 14.9. The van der Waals surface area contributed by atoms with Crippen LogP contribution in [0.1, 0.15) is 32.3 Å². The maximum atomic E-state index is 11.5. The minimum Gasteiger partial charge on any atom is -0.481 e. The molecule has 0 aromatic carbocycles. The fourth-order valence-corrected chi connectivity index (χ4v) is 1.43. The lowest BCUT2D eigenvalue weighted by molar-refractivity contribution is -0.138. The van der Waals surface area contributed by atoms with Gasteiger partial charge in [0.25, 0.3) is 0 Å². The molecular formula is C13H18N2O4. The number of ether oxygens (including phenoxy) is 1. The summed E-state index contributed by atoms with van der Waals surface area (Å²) < 4.78 is 5.05. The highest BCUT2D eigenvalue weighted by atomic mass is 16.6. The van der Waals surface area contributed by atoms with Gasteiger partial charge in [0, 0.05) is 18.9 Å². The van der Waals surface area contributed by atoms with Crippen LogP contribution in [0.15, 0.2) is 24.5 Å². The second-order valence-electron chi connectivity index (χ2n) is 5.06. The standard InChI is InChI=1S/C13H18N2O4/c1-13(2,3)19-12(18)15-8-10(11(16)17)9-5-4-6-14-7-9/h4-7,10H,8H2,1-3H3,(H,15,18)(H,16,17)/t10-/m1/s1. The summed E-state index contributed by atoms with van der Waals surface area (Å²) in [5.41, 5.74) is -0.0806. The molecule has 0 spiro atoms. The average molecular weight is 266 g/mol. The molecule has 1 aromatic rings. The van der Waals surface area contributed by atoms with Gasteiger partial charge in [-0.15, -0.1) is 0 Å². The van der Waals surface area contributed by atoms with E-state index < -0.39 is 23.6 Å². The Morgan fingerprint density at radius 3 is 2.63 bits per heavy atom. The lowest BCUT2D eigenvalue weighted by Gasteiger charge is -2.20. The second-order valence-corrected chi connectivity index (χ2v) is 5.06. The molecule has 6 nitrogen and oxygen atoms in total. The number of aliphatic carboxylic acids is 1. The average Bonchev–Trinajstić information content (AvgIpc) is 2.27. The van der Waals surface area contributed by atoms with Gasteiger partial charge in [-0.25, -0.2) is 4.79 Å². The van der Waals surface area contributed by atoms with E-state index in [2.05, 4.69) is 10.3 Å². The smallest absolute Gasteiger partial charge is 0.407 e. The highest BCUT2D eigenvalue weighted by Gasteiger charge is 2.22. The van der Waals surface area contributed by atoms with E-state index in [1.807, 2.05) is 0 Å². The lowest BCUT2D eigenvalue weighted by Crippen LogP contribution is -2.36. The van der Waals surface area contributed by atoms with Crippen molar-refractivity contribution in [3.8, 4) is 0 Å². The highest BCUT2D eigenvalue weighted by Crippen LogP contribution is 2.14. The van der Waals surface area contributed by atoms with Crippen molar-refractivity contribution in [1.29, 1.82) is 0 Å². The molecule has 0 aliphatic heterocycles. The van der Waals surface area contributed by atoms with Crippen LogP contribution in [0, 0.1) is 0 Å². The van der Waals surface area contributed by atoms with Crippen LogP contribution in [-0.4, -0.2) is 34.3 Å². The minimum absolute atomic E-state index is 0.0457. The third kappa shape index (κ3) is 5.37. The van der Waals surface area contributed by atoms with Crippen molar-refractivity contribution in [2.45, 2.75) is 32.3 Å². The summed E-state index contributed by atoms with van der Waals surface area (Å²) in [5.74, 6) is -1.87. The van der Waals surface area contributed by atoms with Crippen LogP contribution in [0.3, 0.4) is 0 Å². The van der Waals surface area contributed by atoms with Gasteiger partial charge in [-0.1, -0.05) is 6.07 Å². The molecule has 0 bridgehead atoms. The summed E-state index contributed by atoms with van der Waals surface area (Å²) in [5, 5.41) is 11.6. The summed E-state index contributed by atoms with van der Waals surface area (Å²) in [4.78, 5) is 26.5. The molecule has 1 heterocycles. The topological polar surface area (TPSA) is 88.5 Å². The fourth-order valence-electron chi connectivity index (χ4n) is 1.43. The number of amides is 1. The van der Waals surface area contributed by atoms with Crippen LogP contribution in [0.25, 0.3) is 0 Å². The Morgan fingerprint density at radius 2 is 2.16 bits per heavy atom. The zero-order valence-electron chi connectivity index (χ0n) is 11.2. The fraction of sp³-hybridized carbons (Fsp3) is 0.462. The third-order valence-electron chi connectivity index (χ3n) is 2.23. The number of pyridine rings is 1. The molecule has 19 heavy (non-hydrogen) atoms. The molecule has 0 radical (unpaired) electrons. The number of nitrogens with zero attached hydrogens (tertiary/aromatic N) is 1. The first-order valence-corrected chi connectivity index (χ1v) is 5.89. The number of hydrogen-bond acceptors (Lipinski definition) is 4. The predicted octanol–water partition coefficient (Wildman–Crippen LogP) is 1.77. The van der Waals surface area contributed by atoms with E-state index in [4.69, 9.17) is 9.84 Å². The van der Waals surface area contributed by atoms with Gasteiger partial charge in [-0.2, -0.15) is 0 Å². The molecule has 6 heteroatoms. The molecule has 1 rings (SSSR count). The number of nitrogens with one attached hydrogen (secondary N) is 1. The summed E-state index contributed by atoms with van der Waals surface area (Å²) in [7, 11) is 0. The Hall–Kier alpha value is -2.11. The molecule has 0 aliphatic carbocycles. The van der Waals surface area contributed by atoms with Gasteiger partial charge in [0.05, 0.1) is 0 Å². The van der Waals surface area contributed by atoms with Gasteiger partial charge in [-0.05, 0) is 32.4 Å². The van der Waals surface area contributed by atoms with E-state index in [1.165, 1.54) is 6.20 Å². The van der Waals surface area contributed by atoms with Crippen LogP contribution >= 0.6 is 0 Å². The Balaban J connectivity index is 2.62. The Labute approximate surface area is 111 Å². The maximum Gasteiger partial charge on any atom is 0.407 e. The highest BCUT2D eigenvalue weighted by molar-refractivity contribution is 5.77. The van der Waals surface area contributed by atoms with Crippen molar-refractivity contribution in [2.24, 2.45) is 0 Å². The van der Waals surface area contributed by atoms with Gasteiger partial charge in [0.1, 0.15) is 11.5 Å². The minimum atomic E-state index is -1.02. The summed E-state index contributed by atoms with van der Waals surface area (Å²) >= 11 is 0. The molecule has 0 unspecified atom stereocenters. The molecule has 0 fully saturated rings. The number of rotatable bonds is 4. The number of carbonyl (C=O) groups excluding carboxylic acids is 1. The van der Waals surface area contributed by atoms with Gasteiger partial charge in [0.2, 0.25) is 0 Å². The van der Waals surface area contributed by atoms with Gasteiger partial charge >= 0.3 is 12.1 Å². The van der Waals surface area contributed by atoms with E-state index in [0.717, 1.165) is 0 Å². The molecule has 0 aliphatic rings. The Bertz CT molecular complexity index is 440. The zero-order valence-corrected chi connectivity index (χ0v) is 11.2. The normalized spacial score (nSPS) is 12.6. The third-order valence-corrected chi connectivity index (χ3v) is 2.23. The maximum absolute atomic E-state index is 11.5. The quantitative estimate of drug-likeness (QED) is 0.867. The number of carboxylic acid groups (broad SMARTS) is 1. The predicted molar refractivity (Wildman–Crippen MR) is 68.9 cm³/mol. The lowest BCUT2D eigenvalue weighted by atomic mass is 10.0. The summed E-state index contributed by atoms with van der Waals surface area (Å²) in [6, 6.07) is 3.31. The van der Waals surface area contributed by atoms with Gasteiger partial charge < -0.3 is 15.2 Å². The van der Waals surface area contributed by atoms with Crippen LogP contribution in [0.2, 0.25) is 0 Å².